The Morgan fingerprint density at radius 1 is 1.22 bits per heavy atom. The van der Waals surface area contributed by atoms with Crippen molar-refractivity contribution in [1.29, 1.82) is 0 Å². The molecule has 1 aliphatic heterocycles. The molecule has 3 rings (SSSR count). The Morgan fingerprint density at radius 2 is 2.22 bits per heavy atom. The lowest BCUT2D eigenvalue weighted by Gasteiger charge is -2.39. The van der Waals surface area contributed by atoms with Gasteiger partial charge in [-0.15, -0.1) is 0 Å². The van der Waals surface area contributed by atoms with Crippen LogP contribution in [-0.2, 0) is 0 Å². The molecular weight excluding hydrogens is 110 g/mol. The highest BCUT2D eigenvalue weighted by molar-refractivity contribution is 5.24. The van der Waals surface area contributed by atoms with Gasteiger partial charge in [0.05, 0.1) is 0 Å². The van der Waals surface area contributed by atoms with Crippen molar-refractivity contribution >= 4 is 0 Å². The van der Waals surface area contributed by atoms with E-state index in [1.165, 1.54) is 32.1 Å². The maximum Gasteiger partial charge on any atom is 0.0366 e. The molecule has 1 heterocycles. The fourth-order valence-electron chi connectivity index (χ4n) is 2.89. The van der Waals surface area contributed by atoms with Gasteiger partial charge in [-0.3, -0.25) is 0 Å². The Balaban J connectivity index is 1.90. The van der Waals surface area contributed by atoms with Crippen LogP contribution in [0, 0.1) is 5.92 Å². The van der Waals surface area contributed by atoms with E-state index in [4.69, 9.17) is 0 Å². The van der Waals surface area contributed by atoms with Crippen LogP contribution in [0.4, 0.5) is 0 Å². The SMILES string of the molecule is C1C[C@@H]2CCC23N[C@H]3C1. The van der Waals surface area contributed by atoms with Crippen LogP contribution in [-0.4, -0.2) is 11.6 Å². The van der Waals surface area contributed by atoms with Crippen molar-refractivity contribution < 1.29 is 0 Å². The molecule has 0 amide bonds. The van der Waals surface area contributed by atoms with Crippen molar-refractivity contribution in [2.75, 3.05) is 0 Å². The van der Waals surface area contributed by atoms with E-state index in [1.54, 1.807) is 0 Å². The Morgan fingerprint density at radius 3 is 2.78 bits per heavy atom. The highest BCUT2D eigenvalue weighted by atomic mass is 15.2. The standard InChI is InChI=1S/C8H13N/c1-2-6-4-5-8(6)7(3-1)9-8/h6-7,9H,1-5H2/t6-,7+,8?/m1/s1. The van der Waals surface area contributed by atoms with Crippen molar-refractivity contribution in [1.82, 2.24) is 5.32 Å². The Kier molecular flexibility index (Phi) is 0.628. The van der Waals surface area contributed by atoms with Crippen LogP contribution in [0.2, 0.25) is 0 Å². The predicted molar refractivity (Wildman–Crippen MR) is 36.2 cm³/mol. The largest absolute Gasteiger partial charge is 0.305 e. The molecule has 0 aromatic rings. The monoisotopic (exact) mass is 123 g/mol. The molecule has 9 heavy (non-hydrogen) atoms. The van der Waals surface area contributed by atoms with Crippen LogP contribution in [0.1, 0.15) is 32.1 Å². The highest BCUT2D eigenvalue weighted by Crippen LogP contribution is 2.56. The molecule has 1 nitrogen and oxygen atoms in total. The Hall–Kier alpha value is -0.0400. The summed E-state index contributed by atoms with van der Waals surface area (Å²) < 4.78 is 0. The van der Waals surface area contributed by atoms with Crippen molar-refractivity contribution in [3.8, 4) is 0 Å². The lowest BCUT2D eigenvalue weighted by atomic mass is 9.65. The number of nitrogens with one attached hydrogen (secondary N) is 1. The van der Waals surface area contributed by atoms with E-state index in [1.807, 2.05) is 0 Å². The van der Waals surface area contributed by atoms with E-state index in [0.717, 1.165) is 17.5 Å². The minimum absolute atomic E-state index is 0.734. The molecule has 3 fully saturated rings. The topological polar surface area (TPSA) is 21.9 Å². The lowest BCUT2D eigenvalue weighted by molar-refractivity contribution is 0.172. The maximum absolute atomic E-state index is 3.64. The predicted octanol–water partition coefficient (Wildman–Crippen LogP) is 1.29. The van der Waals surface area contributed by atoms with Crippen LogP contribution >= 0.6 is 0 Å². The summed E-state index contributed by atoms with van der Waals surface area (Å²) in [5, 5.41) is 3.64. The van der Waals surface area contributed by atoms with E-state index >= 15 is 0 Å². The molecule has 0 aromatic carbocycles. The highest BCUT2D eigenvalue weighted by Gasteiger charge is 2.64. The molecule has 50 valence electrons. The third-order valence-corrected chi connectivity index (χ3v) is 3.66. The average Bonchev–Trinajstić information content (AvgIpc) is 2.52. The molecule has 0 bridgehead atoms. The van der Waals surface area contributed by atoms with Gasteiger partial charge in [-0.25, -0.2) is 0 Å². The van der Waals surface area contributed by atoms with Crippen LogP contribution in [0.5, 0.6) is 0 Å². The van der Waals surface area contributed by atoms with Gasteiger partial charge in [0, 0.05) is 11.6 Å². The second-order valence-corrected chi connectivity index (χ2v) is 3.90. The minimum atomic E-state index is 0.734. The van der Waals surface area contributed by atoms with E-state index in [9.17, 15) is 0 Å². The first kappa shape index (κ1) is 4.73. The van der Waals surface area contributed by atoms with Crippen molar-refractivity contribution in [2.45, 2.75) is 43.7 Å². The van der Waals surface area contributed by atoms with Gasteiger partial charge in [0.15, 0.2) is 0 Å². The lowest BCUT2D eigenvalue weighted by Crippen LogP contribution is -2.41. The van der Waals surface area contributed by atoms with Crippen LogP contribution in [0.25, 0.3) is 0 Å². The van der Waals surface area contributed by atoms with Gasteiger partial charge in [-0.2, -0.15) is 0 Å². The van der Waals surface area contributed by atoms with Gasteiger partial charge in [0.1, 0.15) is 0 Å². The quantitative estimate of drug-likeness (QED) is 0.482. The molecule has 0 radical (unpaired) electrons. The molecule has 1 saturated heterocycles. The molecule has 3 aliphatic rings. The molecule has 2 aliphatic carbocycles. The summed E-state index contributed by atoms with van der Waals surface area (Å²) in [6, 6.07) is 0.963. The summed E-state index contributed by atoms with van der Waals surface area (Å²) in [7, 11) is 0. The van der Waals surface area contributed by atoms with E-state index < -0.39 is 0 Å². The summed E-state index contributed by atoms with van der Waals surface area (Å²) in [6.45, 7) is 0. The van der Waals surface area contributed by atoms with E-state index in [-0.39, 0.29) is 0 Å². The minimum Gasteiger partial charge on any atom is -0.305 e. The molecular formula is C8H13N. The summed E-state index contributed by atoms with van der Waals surface area (Å²) in [5.41, 5.74) is 0.734. The van der Waals surface area contributed by atoms with E-state index in [0.29, 0.717) is 0 Å². The summed E-state index contributed by atoms with van der Waals surface area (Å²) in [4.78, 5) is 0. The Labute approximate surface area is 55.8 Å². The zero-order chi connectivity index (χ0) is 5.90. The first-order valence-electron chi connectivity index (χ1n) is 4.19. The van der Waals surface area contributed by atoms with Crippen molar-refractivity contribution in [2.24, 2.45) is 5.92 Å². The molecule has 2 saturated carbocycles. The number of hydrogen-bond donors (Lipinski definition) is 1. The maximum atomic E-state index is 3.64. The van der Waals surface area contributed by atoms with Gasteiger partial charge in [-0.1, -0.05) is 6.42 Å². The molecule has 1 heteroatoms. The van der Waals surface area contributed by atoms with Crippen LogP contribution in [0.15, 0.2) is 0 Å². The fourth-order valence-corrected chi connectivity index (χ4v) is 2.89. The number of rotatable bonds is 0. The van der Waals surface area contributed by atoms with Gasteiger partial charge in [-0.05, 0) is 31.6 Å². The smallest absolute Gasteiger partial charge is 0.0366 e. The van der Waals surface area contributed by atoms with Crippen molar-refractivity contribution in [3.63, 3.8) is 0 Å². The molecule has 1 N–H and O–H groups in total. The molecule has 1 unspecified atom stereocenters. The Bertz CT molecular complexity index is 155. The summed E-state index contributed by atoms with van der Waals surface area (Å²) in [5.74, 6) is 1.09. The third-order valence-electron chi connectivity index (χ3n) is 3.66. The third kappa shape index (κ3) is 0.389. The van der Waals surface area contributed by atoms with Crippen LogP contribution < -0.4 is 5.32 Å². The molecule has 1 spiro atoms. The number of hydrogen-bond acceptors (Lipinski definition) is 1. The first-order valence-corrected chi connectivity index (χ1v) is 4.19. The zero-order valence-corrected chi connectivity index (χ0v) is 5.69. The molecule has 3 atom stereocenters. The van der Waals surface area contributed by atoms with Gasteiger partial charge < -0.3 is 5.32 Å². The van der Waals surface area contributed by atoms with Gasteiger partial charge in [0.25, 0.3) is 0 Å². The van der Waals surface area contributed by atoms with Crippen molar-refractivity contribution in [3.05, 3.63) is 0 Å². The summed E-state index contributed by atoms with van der Waals surface area (Å²) in [6.07, 6.45) is 7.48. The average molecular weight is 123 g/mol. The second-order valence-electron chi connectivity index (χ2n) is 3.90. The van der Waals surface area contributed by atoms with E-state index in [2.05, 4.69) is 5.32 Å². The zero-order valence-electron chi connectivity index (χ0n) is 5.69. The fraction of sp³-hybridized carbons (Fsp3) is 1.00. The first-order chi connectivity index (χ1) is 4.42. The molecule has 0 aromatic heterocycles. The summed E-state index contributed by atoms with van der Waals surface area (Å²) >= 11 is 0. The normalized spacial score (nSPS) is 61.3. The van der Waals surface area contributed by atoms with Gasteiger partial charge in [0.2, 0.25) is 0 Å². The van der Waals surface area contributed by atoms with Crippen LogP contribution in [0.3, 0.4) is 0 Å². The second kappa shape index (κ2) is 1.20. The van der Waals surface area contributed by atoms with Gasteiger partial charge >= 0.3 is 0 Å².